The van der Waals surface area contributed by atoms with Crippen LogP contribution in [0.1, 0.15) is 34.5 Å². The SMILES string of the molecule is Cc1cc(C(F)(F)F)cc2c1nc(Cc1c(Cl)ccc(COCN3CCCN(CCO)CC3)c1Cl)n2C. The largest absolute Gasteiger partial charge is 0.416 e. The highest BCUT2D eigenvalue weighted by molar-refractivity contribution is 6.36. The van der Waals surface area contributed by atoms with Gasteiger partial charge in [0.2, 0.25) is 0 Å². The Kier molecular flexibility index (Phi) is 9.04. The van der Waals surface area contributed by atoms with E-state index in [2.05, 4.69) is 14.8 Å². The number of aromatic nitrogens is 2. The van der Waals surface area contributed by atoms with Crippen molar-refractivity contribution in [2.24, 2.45) is 7.05 Å². The van der Waals surface area contributed by atoms with Crippen molar-refractivity contribution in [2.75, 3.05) is 46.1 Å². The third kappa shape index (κ3) is 6.58. The van der Waals surface area contributed by atoms with E-state index >= 15 is 0 Å². The summed E-state index contributed by atoms with van der Waals surface area (Å²) in [5.41, 5.74) is 2.13. The summed E-state index contributed by atoms with van der Waals surface area (Å²) in [6.45, 7) is 6.87. The molecule has 0 spiro atoms. The summed E-state index contributed by atoms with van der Waals surface area (Å²) in [6.07, 6.45) is -3.15. The third-order valence-electron chi connectivity index (χ3n) is 6.83. The molecule has 1 aliphatic heterocycles. The fourth-order valence-corrected chi connectivity index (χ4v) is 5.27. The molecule has 0 amide bonds. The highest BCUT2D eigenvalue weighted by Crippen LogP contribution is 2.35. The van der Waals surface area contributed by atoms with Gasteiger partial charge < -0.3 is 14.4 Å². The first-order valence-electron chi connectivity index (χ1n) is 12.2. The number of halogens is 5. The van der Waals surface area contributed by atoms with Gasteiger partial charge in [-0.25, -0.2) is 4.98 Å². The van der Waals surface area contributed by atoms with Gasteiger partial charge in [-0.05, 0) is 54.8 Å². The number of aryl methyl sites for hydroxylation is 2. The van der Waals surface area contributed by atoms with Gasteiger partial charge in [-0.3, -0.25) is 9.80 Å². The van der Waals surface area contributed by atoms with Crippen molar-refractivity contribution >= 4 is 34.2 Å². The molecule has 1 aromatic heterocycles. The van der Waals surface area contributed by atoms with Crippen LogP contribution >= 0.6 is 23.2 Å². The molecule has 0 unspecified atom stereocenters. The lowest BCUT2D eigenvalue weighted by molar-refractivity contribution is -0.137. The van der Waals surface area contributed by atoms with Crippen LogP contribution in [-0.4, -0.2) is 70.5 Å². The zero-order valence-electron chi connectivity index (χ0n) is 20.9. The van der Waals surface area contributed by atoms with E-state index in [1.54, 1.807) is 24.6 Å². The highest BCUT2D eigenvalue weighted by Gasteiger charge is 2.32. The molecule has 0 aliphatic carbocycles. The molecule has 1 N–H and O–H groups in total. The second-order valence-electron chi connectivity index (χ2n) is 9.44. The molecule has 0 saturated carbocycles. The highest BCUT2D eigenvalue weighted by atomic mass is 35.5. The predicted octanol–water partition coefficient (Wildman–Crippen LogP) is 5.27. The fourth-order valence-electron chi connectivity index (χ4n) is 4.71. The summed E-state index contributed by atoms with van der Waals surface area (Å²) in [4.78, 5) is 9.09. The second kappa shape index (κ2) is 11.9. The Balaban J connectivity index is 1.48. The number of nitrogens with zero attached hydrogens (tertiary/aromatic N) is 4. The minimum absolute atomic E-state index is 0.163. The maximum absolute atomic E-state index is 13.3. The Hall–Kier alpha value is -1.88. The van der Waals surface area contributed by atoms with Crippen molar-refractivity contribution in [3.05, 3.63) is 62.4 Å². The number of hydrogen-bond donors (Lipinski definition) is 1. The summed E-state index contributed by atoms with van der Waals surface area (Å²) in [5.74, 6) is 0.566. The van der Waals surface area contributed by atoms with Gasteiger partial charge in [0.25, 0.3) is 0 Å². The number of fused-ring (bicyclic) bond motifs is 1. The average Bonchev–Trinajstić information content (AvgIpc) is 3.00. The Morgan fingerprint density at radius 1 is 1.08 bits per heavy atom. The van der Waals surface area contributed by atoms with E-state index in [1.165, 1.54) is 0 Å². The van der Waals surface area contributed by atoms with Gasteiger partial charge in [0.15, 0.2) is 0 Å². The van der Waals surface area contributed by atoms with E-state index in [9.17, 15) is 13.2 Å². The lowest BCUT2D eigenvalue weighted by Crippen LogP contribution is -2.33. The molecule has 0 radical (unpaired) electrons. The summed E-state index contributed by atoms with van der Waals surface area (Å²) in [5, 5.41) is 10.1. The first-order valence-corrected chi connectivity index (χ1v) is 13.0. The molecule has 2 heterocycles. The monoisotopic (exact) mass is 558 g/mol. The summed E-state index contributed by atoms with van der Waals surface area (Å²) in [7, 11) is 1.70. The smallest absolute Gasteiger partial charge is 0.395 e. The van der Waals surface area contributed by atoms with E-state index in [4.69, 9.17) is 33.0 Å². The number of rotatable bonds is 8. The Morgan fingerprint density at radius 2 is 1.81 bits per heavy atom. The normalized spacial score (nSPS) is 16.0. The van der Waals surface area contributed by atoms with Crippen LogP contribution in [0.2, 0.25) is 10.0 Å². The lowest BCUT2D eigenvalue weighted by atomic mass is 10.1. The lowest BCUT2D eigenvalue weighted by Gasteiger charge is -2.21. The minimum atomic E-state index is -4.43. The van der Waals surface area contributed by atoms with E-state index in [-0.39, 0.29) is 13.0 Å². The topological polar surface area (TPSA) is 53.8 Å². The Bertz CT molecular complexity index is 1250. The third-order valence-corrected chi connectivity index (χ3v) is 7.65. The molecule has 37 heavy (non-hydrogen) atoms. The van der Waals surface area contributed by atoms with Crippen LogP contribution in [0.25, 0.3) is 11.0 Å². The van der Waals surface area contributed by atoms with Crippen LogP contribution in [0.5, 0.6) is 0 Å². The molecule has 3 aromatic rings. The Morgan fingerprint density at radius 3 is 2.54 bits per heavy atom. The van der Waals surface area contributed by atoms with E-state index < -0.39 is 11.7 Å². The quantitative estimate of drug-likeness (QED) is 0.408. The second-order valence-corrected chi connectivity index (χ2v) is 10.2. The molecule has 1 aliphatic rings. The van der Waals surface area contributed by atoms with Crippen molar-refractivity contribution in [2.45, 2.75) is 32.5 Å². The molecule has 0 bridgehead atoms. The van der Waals surface area contributed by atoms with E-state index in [1.807, 2.05) is 6.07 Å². The van der Waals surface area contributed by atoms with Gasteiger partial charge in [0.1, 0.15) is 5.82 Å². The van der Waals surface area contributed by atoms with Gasteiger partial charge in [0.05, 0.1) is 41.6 Å². The summed E-state index contributed by atoms with van der Waals surface area (Å²) < 4.78 is 47.6. The zero-order chi connectivity index (χ0) is 26.7. The summed E-state index contributed by atoms with van der Waals surface area (Å²) in [6, 6.07) is 5.83. The molecule has 11 heteroatoms. The summed E-state index contributed by atoms with van der Waals surface area (Å²) >= 11 is 13.2. The maximum atomic E-state index is 13.3. The Labute approximate surface area is 224 Å². The van der Waals surface area contributed by atoms with Gasteiger partial charge in [-0.1, -0.05) is 29.3 Å². The number of hydrogen-bond acceptors (Lipinski definition) is 5. The molecule has 2 aromatic carbocycles. The van der Waals surface area contributed by atoms with Gasteiger partial charge in [-0.2, -0.15) is 13.2 Å². The number of β-amino-alcohol motifs (C(OH)–C–C–N with tert-alkyl or cyclic N) is 1. The zero-order valence-corrected chi connectivity index (χ0v) is 22.4. The number of ether oxygens (including phenoxy) is 1. The van der Waals surface area contributed by atoms with Crippen LogP contribution in [0.4, 0.5) is 13.2 Å². The molecule has 4 rings (SSSR count). The van der Waals surface area contributed by atoms with E-state index in [0.29, 0.717) is 57.9 Å². The predicted molar refractivity (Wildman–Crippen MR) is 139 cm³/mol. The molecule has 1 fully saturated rings. The number of aliphatic hydroxyl groups excluding tert-OH is 1. The van der Waals surface area contributed by atoms with Gasteiger partial charge in [-0.15, -0.1) is 0 Å². The molecule has 6 nitrogen and oxygen atoms in total. The molecule has 0 atom stereocenters. The molecular weight excluding hydrogens is 528 g/mol. The van der Waals surface area contributed by atoms with Crippen molar-refractivity contribution in [3.8, 4) is 0 Å². The number of aliphatic hydroxyl groups is 1. The first-order chi connectivity index (χ1) is 17.6. The minimum Gasteiger partial charge on any atom is -0.395 e. The van der Waals surface area contributed by atoms with Crippen molar-refractivity contribution in [1.82, 2.24) is 19.4 Å². The number of benzene rings is 2. The van der Waals surface area contributed by atoms with Crippen LogP contribution < -0.4 is 0 Å². The van der Waals surface area contributed by atoms with Gasteiger partial charge in [0, 0.05) is 44.7 Å². The molecular formula is C26H31Cl2F3N4O2. The fraction of sp³-hybridized carbons (Fsp3) is 0.500. The first kappa shape index (κ1) is 28.1. The van der Waals surface area contributed by atoms with Gasteiger partial charge >= 0.3 is 6.18 Å². The van der Waals surface area contributed by atoms with Crippen LogP contribution in [0, 0.1) is 6.92 Å². The molecule has 202 valence electrons. The van der Waals surface area contributed by atoms with Crippen molar-refractivity contribution in [1.29, 1.82) is 0 Å². The van der Waals surface area contributed by atoms with Crippen LogP contribution in [-0.2, 0) is 31.0 Å². The molecule has 1 saturated heterocycles. The standard InChI is InChI=1S/C26H31Cl2F3N4O2/c1-17-12-19(26(29,30)31)13-22-25(17)32-23(33(22)2)14-20-21(27)5-4-18(24(20)28)15-37-16-35-7-3-6-34(8-9-35)10-11-36/h4-5,12-13,36H,3,6-11,14-16H2,1-2H3. The number of imidazole rings is 1. The average molecular weight is 559 g/mol. The van der Waals surface area contributed by atoms with Crippen molar-refractivity contribution in [3.63, 3.8) is 0 Å². The van der Waals surface area contributed by atoms with E-state index in [0.717, 1.165) is 50.3 Å². The van der Waals surface area contributed by atoms with Crippen molar-refractivity contribution < 1.29 is 23.0 Å². The maximum Gasteiger partial charge on any atom is 0.416 e. The van der Waals surface area contributed by atoms with Crippen LogP contribution in [0.3, 0.4) is 0 Å². The number of alkyl halides is 3. The van der Waals surface area contributed by atoms with Crippen LogP contribution in [0.15, 0.2) is 24.3 Å².